The quantitative estimate of drug-likeness (QED) is 0.738. The number of ether oxygens (including phenoxy) is 1. The Hall–Kier alpha value is -1.48. The maximum absolute atomic E-state index is 12.1. The molecule has 18 heavy (non-hydrogen) atoms. The molecule has 1 unspecified atom stereocenters. The zero-order chi connectivity index (χ0) is 14.1. The summed E-state index contributed by atoms with van der Waals surface area (Å²) in [5, 5.41) is 18.0. The molecule has 4 N–H and O–H groups in total. The average molecular weight is 330 g/mol. The van der Waals surface area contributed by atoms with Crippen LogP contribution in [0.3, 0.4) is 0 Å². The minimum absolute atomic E-state index is 0.0279. The first-order chi connectivity index (χ1) is 8.13. The molecule has 1 atom stereocenters. The highest BCUT2D eigenvalue weighted by Crippen LogP contribution is 2.38. The summed E-state index contributed by atoms with van der Waals surface area (Å²) in [5.41, 5.74) is 4.78. The lowest BCUT2D eigenvalue weighted by Crippen LogP contribution is -2.21. The van der Waals surface area contributed by atoms with Crippen LogP contribution in [0.2, 0.25) is 0 Å². The summed E-state index contributed by atoms with van der Waals surface area (Å²) in [6.45, 7) is 0. The molecule has 0 aliphatic heterocycles. The van der Waals surface area contributed by atoms with Gasteiger partial charge in [-0.3, -0.25) is 0 Å². The van der Waals surface area contributed by atoms with Crippen molar-refractivity contribution in [1.82, 2.24) is 0 Å². The minimum Gasteiger partial charge on any atom is -0.479 e. The number of aliphatic carboxylic acids is 1. The summed E-state index contributed by atoms with van der Waals surface area (Å²) in [5.74, 6) is -2.56. The normalized spacial score (nSPS) is 13.2. The van der Waals surface area contributed by atoms with Gasteiger partial charge in [-0.05, 0) is 28.1 Å². The van der Waals surface area contributed by atoms with Gasteiger partial charge in [-0.25, -0.2) is 4.79 Å². The number of carbonyl (C=O) groups is 1. The molecule has 0 radical (unpaired) electrons. The molecular weight excluding hydrogens is 323 g/mol. The molecule has 0 amide bonds. The van der Waals surface area contributed by atoms with Crippen molar-refractivity contribution in [3.8, 4) is 5.75 Å². The number of nitrogen functional groups attached to an aromatic ring is 1. The van der Waals surface area contributed by atoms with Gasteiger partial charge in [0.2, 0.25) is 0 Å². The van der Waals surface area contributed by atoms with E-state index in [0.29, 0.717) is 0 Å². The number of anilines is 1. The van der Waals surface area contributed by atoms with Crippen LogP contribution in [-0.2, 0) is 4.79 Å². The summed E-state index contributed by atoms with van der Waals surface area (Å²) < 4.78 is 39.8. The molecule has 0 saturated carbocycles. The van der Waals surface area contributed by atoms with Crippen molar-refractivity contribution >= 4 is 27.6 Å². The predicted molar refractivity (Wildman–Crippen MR) is 57.8 cm³/mol. The molecule has 0 aromatic heterocycles. The molecule has 1 rings (SSSR count). The number of halogens is 4. The van der Waals surface area contributed by atoms with Gasteiger partial charge in [-0.2, -0.15) is 0 Å². The molecule has 0 heterocycles. The van der Waals surface area contributed by atoms with Crippen molar-refractivity contribution in [2.75, 3.05) is 5.73 Å². The topological polar surface area (TPSA) is 92.8 Å². The van der Waals surface area contributed by atoms with Gasteiger partial charge in [0, 0.05) is 5.69 Å². The van der Waals surface area contributed by atoms with E-state index in [0.717, 1.165) is 12.1 Å². The molecule has 0 aliphatic carbocycles. The van der Waals surface area contributed by atoms with E-state index in [1.165, 1.54) is 0 Å². The highest BCUT2D eigenvalue weighted by atomic mass is 79.9. The van der Waals surface area contributed by atoms with Crippen molar-refractivity contribution in [2.24, 2.45) is 0 Å². The van der Waals surface area contributed by atoms with E-state index in [4.69, 9.17) is 10.8 Å². The molecule has 0 bridgehead atoms. The number of carboxylic acid groups (broad SMARTS) is 1. The van der Waals surface area contributed by atoms with E-state index in [2.05, 4.69) is 20.7 Å². The maximum Gasteiger partial charge on any atom is 0.573 e. The SMILES string of the molecule is Nc1ccc(OC(F)(F)F)c(C(O)C(=O)O)c1Br. The number of benzene rings is 1. The first-order valence-electron chi connectivity index (χ1n) is 4.38. The fourth-order valence-corrected chi connectivity index (χ4v) is 1.73. The average Bonchev–Trinajstić information content (AvgIpc) is 2.21. The Bertz CT molecular complexity index is 478. The number of aliphatic hydroxyl groups excluding tert-OH is 1. The summed E-state index contributed by atoms with van der Waals surface area (Å²) in [6, 6.07) is 1.91. The van der Waals surface area contributed by atoms with Crippen LogP contribution in [-0.4, -0.2) is 22.5 Å². The van der Waals surface area contributed by atoms with Gasteiger partial charge in [0.05, 0.1) is 10.0 Å². The van der Waals surface area contributed by atoms with E-state index >= 15 is 0 Å². The van der Waals surface area contributed by atoms with E-state index < -0.39 is 29.7 Å². The highest BCUT2D eigenvalue weighted by Gasteiger charge is 2.35. The lowest BCUT2D eigenvalue weighted by atomic mass is 10.1. The van der Waals surface area contributed by atoms with Gasteiger partial charge in [0.1, 0.15) is 5.75 Å². The first kappa shape index (κ1) is 14.6. The van der Waals surface area contributed by atoms with Crippen LogP contribution >= 0.6 is 15.9 Å². The van der Waals surface area contributed by atoms with Crippen LogP contribution < -0.4 is 10.5 Å². The molecule has 0 spiro atoms. The Kier molecular flexibility index (Phi) is 4.07. The molecule has 5 nitrogen and oxygen atoms in total. The van der Waals surface area contributed by atoms with E-state index in [9.17, 15) is 23.1 Å². The summed E-state index contributed by atoms with van der Waals surface area (Å²) in [4.78, 5) is 10.6. The molecular formula is C9H7BrF3NO4. The van der Waals surface area contributed by atoms with E-state index in [1.807, 2.05) is 0 Å². The van der Waals surface area contributed by atoms with Crippen LogP contribution in [0.1, 0.15) is 11.7 Å². The smallest absolute Gasteiger partial charge is 0.479 e. The number of aliphatic hydroxyl groups is 1. The van der Waals surface area contributed by atoms with Crippen LogP contribution in [0.4, 0.5) is 18.9 Å². The van der Waals surface area contributed by atoms with Gasteiger partial charge < -0.3 is 20.7 Å². The van der Waals surface area contributed by atoms with Gasteiger partial charge in [0.25, 0.3) is 0 Å². The number of alkyl halides is 3. The fourth-order valence-electron chi connectivity index (χ4n) is 1.18. The lowest BCUT2D eigenvalue weighted by molar-refractivity contribution is -0.275. The van der Waals surface area contributed by atoms with Gasteiger partial charge in [-0.1, -0.05) is 0 Å². The number of hydrogen-bond acceptors (Lipinski definition) is 4. The molecule has 1 aromatic rings. The second-order valence-corrected chi connectivity index (χ2v) is 3.96. The fraction of sp³-hybridized carbons (Fsp3) is 0.222. The third-order valence-electron chi connectivity index (χ3n) is 1.90. The Labute approximate surface area is 107 Å². The zero-order valence-electron chi connectivity index (χ0n) is 8.53. The minimum atomic E-state index is -5.01. The standard InChI is InChI=1S/C9H7BrF3NO4/c10-6-3(14)1-2-4(18-9(11,12)13)5(6)7(15)8(16)17/h1-2,7,15H,14H2,(H,16,17). The molecule has 0 aliphatic rings. The number of rotatable bonds is 3. The molecule has 9 heteroatoms. The summed E-state index contributed by atoms with van der Waals surface area (Å²) in [6.07, 6.45) is -7.21. The Morgan fingerprint density at radius 1 is 1.44 bits per heavy atom. The van der Waals surface area contributed by atoms with Crippen molar-refractivity contribution in [2.45, 2.75) is 12.5 Å². The first-order valence-corrected chi connectivity index (χ1v) is 5.17. The second-order valence-electron chi connectivity index (χ2n) is 3.17. The van der Waals surface area contributed by atoms with Gasteiger partial charge in [0.15, 0.2) is 6.10 Å². The third kappa shape index (κ3) is 3.26. The van der Waals surface area contributed by atoms with E-state index in [-0.39, 0.29) is 10.2 Å². The highest BCUT2D eigenvalue weighted by molar-refractivity contribution is 9.10. The molecule has 100 valence electrons. The second kappa shape index (κ2) is 5.02. The maximum atomic E-state index is 12.1. The van der Waals surface area contributed by atoms with Crippen LogP contribution in [0.25, 0.3) is 0 Å². The number of hydrogen-bond donors (Lipinski definition) is 3. The largest absolute Gasteiger partial charge is 0.573 e. The van der Waals surface area contributed by atoms with E-state index in [1.54, 1.807) is 0 Å². The molecule has 0 saturated heterocycles. The monoisotopic (exact) mass is 329 g/mol. The number of carboxylic acids is 1. The summed E-state index contributed by atoms with van der Waals surface area (Å²) in [7, 11) is 0. The van der Waals surface area contributed by atoms with Crippen molar-refractivity contribution in [1.29, 1.82) is 0 Å². The Morgan fingerprint density at radius 3 is 2.44 bits per heavy atom. The Morgan fingerprint density at radius 2 is 2.00 bits per heavy atom. The Balaban J connectivity index is 3.34. The molecule has 0 fully saturated rings. The lowest BCUT2D eigenvalue weighted by Gasteiger charge is -2.17. The van der Waals surface area contributed by atoms with Crippen molar-refractivity contribution in [3.63, 3.8) is 0 Å². The van der Waals surface area contributed by atoms with Gasteiger partial charge in [-0.15, -0.1) is 13.2 Å². The van der Waals surface area contributed by atoms with Crippen LogP contribution in [0, 0.1) is 0 Å². The van der Waals surface area contributed by atoms with Gasteiger partial charge >= 0.3 is 12.3 Å². The van der Waals surface area contributed by atoms with Crippen molar-refractivity contribution in [3.05, 3.63) is 22.2 Å². The predicted octanol–water partition coefficient (Wildman–Crippen LogP) is 2.05. The summed E-state index contributed by atoms with van der Waals surface area (Å²) >= 11 is 2.81. The number of nitrogens with two attached hydrogens (primary N) is 1. The van der Waals surface area contributed by atoms with Crippen LogP contribution in [0.15, 0.2) is 16.6 Å². The zero-order valence-corrected chi connectivity index (χ0v) is 10.1. The molecule has 1 aromatic carbocycles. The van der Waals surface area contributed by atoms with Crippen molar-refractivity contribution < 1.29 is 32.9 Å². The van der Waals surface area contributed by atoms with Crippen LogP contribution in [0.5, 0.6) is 5.75 Å². The third-order valence-corrected chi connectivity index (χ3v) is 2.79.